The van der Waals surface area contributed by atoms with Gasteiger partial charge >= 0.3 is 5.69 Å². The molecule has 0 aliphatic heterocycles. The maximum absolute atomic E-state index is 12.4. The highest BCUT2D eigenvalue weighted by atomic mass is 32.2. The first-order valence-electron chi connectivity index (χ1n) is 6.33. The van der Waals surface area contributed by atoms with Crippen molar-refractivity contribution in [2.75, 3.05) is 24.4 Å². The Kier molecular flexibility index (Phi) is 6.43. The maximum Gasteiger partial charge on any atom is 0.312 e. The molecule has 0 spiro atoms. The number of rotatable bonds is 8. The average molecular weight is 333 g/mol. The second-order valence-electron chi connectivity index (χ2n) is 4.34. The molecule has 1 aromatic rings. The second-order valence-corrected chi connectivity index (χ2v) is 6.93. The van der Waals surface area contributed by atoms with Crippen LogP contribution >= 0.6 is 11.8 Å². The normalized spacial score (nSPS) is 12.9. The predicted molar refractivity (Wildman–Crippen MR) is 85.4 cm³/mol. The zero-order valence-corrected chi connectivity index (χ0v) is 13.8. The van der Waals surface area contributed by atoms with Gasteiger partial charge in [-0.05, 0) is 24.8 Å². The molecule has 0 radical (unpaired) electrons. The molecule has 0 saturated heterocycles. The number of thioether (sulfide) groups is 1. The number of hydrogen-bond donors (Lipinski definition) is 2. The third-order valence-corrected chi connectivity index (χ3v) is 5.21. The van der Waals surface area contributed by atoms with Crippen molar-refractivity contribution in [1.29, 1.82) is 0 Å². The van der Waals surface area contributed by atoms with Gasteiger partial charge in [0.15, 0.2) is 4.90 Å². The van der Waals surface area contributed by atoms with Crippen LogP contribution in [0.4, 0.5) is 11.4 Å². The Balaban J connectivity index is 3.28. The van der Waals surface area contributed by atoms with E-state index in [9.17, 15) is 18.5 Å². The summed E-state index contributed by atoms with van der Waals surface area (Å²) in [5.74, 6) is 0.606. The lowest BCUT2D eigenvalue weighted by molar-refractivity contribution is -0.386. The minimum absolute atomic E-state index is 0.167. The monoisotopic (exact) mass is 333 g/mol. The summed E-state index contributed by atoms with van der Waals surface area (Å²) >= 11 is 1.52. The van der Waals surface area contributed by atoms with Crippen molar-refractivity contribution in [1.82, 2.24) is 4.72 Å². The fourth-order valence-electron chi connectivity index (χ4n) is 1.85. The van der Waals surface area contributed by atoms with E-state index in [1.807, 2.05) is 13.2 Å². The van der Waals surface area contributed by atoms with Gasteiger partial charge in [-0.2, -0.15) is 11.8 Å². The second kappa shape index (κ2) is 7.62. The largest absolute Gasteiger partial charge is 0.383 e. The van der Waals surface area contributed by atoms with E-state index < -0.39 is 20.6 Å². The van der Waals surface area contributed by atoms with E-state index >= 15 is 0 Å². The molecule has 21 heavy (non-hydrogen) atoms. The Morgan fingerprint density at radius 3 is 2.57 bits per heavy atom. The van der Waals surface area contributed by atoms with Gasteiger partial charge in [0.2, 0.25) is 10.0 Å². The molecule has 0 aliphatic rings. The van der Waals surface area contributed by atoms with Crippen LogP contribution in [0.15, 0.2) is 23.1 Å². The van der Waals surface area contributed by atoms with E-state index in [1.165, 1.54) is 37.0 Å². The molecule has 0 fully saturated rings. The molecule has 1 unspecified atom stereocenters. The molecule has 0 heterocycles. The summed E-state index contributed by atoms with van der Waals surface area (Å²) in [5, 5.41) is 13.8. The van der Waals surface area contributed by atoms with Gasteiger partial charge in [-0.3, -0.25) is 10.1 Å². The summed E-state index contributed by atoms with van der Waals surface area (Å²) in [6.07, 6.45) is 2.49. The van der Waals surface area contributed by atoms with Crippen LogP contribution in [0, 0.1) is 10.1 Å². The van der Waals surface area contributed by atoms with Crippen molar-refractivity contribution < 1.29 is 13.3 Å². The van der Waals surface area contributed by atoms with Gasteiger partial charge in [-0.15, -0.1) is 0 Å². The standard InChI is InChI=1S/C12H19N3O4S2/c1-4-9(8-20-3)14-21(18,19)11-7-5-6-10(13-2)12(11)15(16)17/h5-7,9,13-14H,4,8H2,1-3H3. The molecule has 1 aromatic carbocycles. The van der Waals surface area contributed by atoms with Gasteiger partial charge in [0.25, 0.3) is 0 Å². The molecule has 0 saturated carbocycles. The predicted octanol–water partition coefficient (Wildman–Crippen LogP) is 2.06. The van der Waals surface area contributed by atoms with Crippen LogP contribution in [0.25, 0.3) is 0 Å². The first-order valence-corrected chi connectivity index (χ1v) is 9.21. The molecule has 0 aliphatic carbocycles. The lowest BCUT2D eigenvalue weighted by Crippen LogP contribution is -2.36. The molecule has 1 rings (SSSR count). The summed E-state index contributed by atoms with van der Waals surface area (Å²) in [7, 11) is -2.44. The fraction of sp³-hybridized carbons (Fsp3) is 0.500. The highest BCUT2D eigenvalue weighted by Gasteiger charge is 2.30. The van der Waals surface area contributed by atoms with Crippen LogP contribution in [0.1, 0.15) is 13.3 Å². The first-order chi connectivity index (χ1) is 9.87. The lowest BCUT2D eigenvalue weighted by Gasteiger charge is -2.16. The van der Waals surface area contributed by atoms with Crippen LogP contribution in [0.2, 0.25) is 0 Å². The Morgan fingerprint density at radius 1 is 1.43 bits per heavy atom. The number of nitro groups is 1. The number of anilines is 1. The lowest BCUT2D eigenvalue weighted by atomic mass is 10.3. The van der Waals surface area contributed by atoms with Crippen molar-refractivity contribution in [3.05, 3.63) is 28.3 Å². The van der Waals surface area contributed by atoms with E-state index in [-0.39, 0.29) is 16.6 Å². The number of para-hydroxylation sites is 1. The summed E-state index contributed by atoms with van der Waals surface area (Å²) in [4.78, 5) is 10.2. The summed E-state index contributed by atoms with van der Waals surface area (Å²) in [6, 6.07) is 3.93. The van der Waals surface area contributed by atoms with E-state index in [0.29, 0.717) is 12.2 Å². The zero-order chi connectivity index (χ0) is 16.0. The minimum atomic E-state index is -3.95. The third-order valence-electron chi connectivity index (χ3n) is 2.92. The van der Waals surface area contributed by atoms with E-state index in [0.717, 1.165) is 0 Å². The molecule has 0 bridgehead atoms. The molecule has 118 valence electrons. The summed E-state index contributed by atoms with van der Waals surface area (Å²) in [5.41, 5.74) is -0.271. The number of nitro benzene ring substituents is 1. The molecule has 2 N–H and O–H groups in total. The van der Waals surface area contributed by atoms with Crippen LogP contribution in [0.3, 0.4) is 0 Å². The number of benzene rings is 1. The minimum Gasteiger partial charge on any atom is -0.383 e. The molecule has 7 nitrogen and oxygen atoms in total. The fourth-order valence-corrected chi connectivity index (χ4v) is 4.19. The van der Waals surface area contributed by atoms with Gasteiger partial charge in [0.1, 0.15) is 5.69 Å². The van der Waals surface area contributed by atoms with Gasteiger partial charge in [0.05, 0.1) is 4.92 Å². The van der Waals surface area contributed by atoms with E-state index in [1.54, 1.807) is 0 Å². The third kappa shape index (κ3) is 4.32. The van der Waals surface area contributed by atoms with Crippen molar-refractivity contribution in [3.8, 4) is 0 Å². The molecule has 0 amide bonds. The van der Waals surface area contributed by atoms with Crippen molar-refractivity contribution in [2.45, 2.75) is 24.3 Å². The zero-order valence-electron chi connectivity index (χ0n) is 12.1. The molecule has 9 heteroatoms. The summed E-state index contributed by atoms with van der Waals surface area (Å²) < 4.78 is 27.4. The van der Waals surface area contributed by atoms with Crippen molar-refractivity contribution in [3.63, 3.8) is 0 Å². The van der Waals surface area contributed by atoms with Crippen molar-refractivity contribution in [2.24, 2.45) is 0 Å². The molecule has 1 atom stereocenters. The topological polar surface area (TPSA) is 101 Å². The Bertz CT molecular complexity index is 605. The van der Waals surface area contributed by atoms with Gasteiger partial charge in [0, 0.05) is 18.8 Å². The van der Waals surface area contributed by atoms with Crippen LogP contribution in [0.5, 0.6) is 0 Å². The number of nitrogens with zero attached hydrogens (tertiary/aromatic N) is 1. The summed E-state index contributed by atoms with van der Waals surface area (Å²) in [6.45, 7) is 1.86. The first kappa shape index (κ1) is 17.7. The Labute approximate surface area is 128 Å². The van der Waals surface area contributed by atoms with Gasteiger partial charge in [-0.1, -0.05) is 13.0 Å². The maximum atomic E-state index is 12.4. The molecular weight excluding hydrogens is 314 g/mol. The Hall–Kier alpha value is -1.32. The smallest absolute Gasteiger partial charge is 0.312 e. The Morgan fingerprint density at radius 2 is 2.10 bits per heavy atom. The number of hydrogen-bond acceptors (Lipinski definition) is 6. The number of sulfonamides is 1. The molecular formula is C12H19N3O4S2. The number of nitrogens with one attached hydrogen (secondary N) is 2. The van der Waals surface area contributed by atoms with E-state index in [2.05, 4.69) is 10.0 Å². The van der Waals surface area contributed by atoms with Crippen LogP contribution in [-0.4, -0.2) is 38.4 Å². The van der Waals surface area contributed by atoms with Crippen LogP contribution < -0.4 is 10.0 Å². The van der Waals surface area contributed by atoms with E-state index in [4.69, 9.17) is 0 Å². The van der Waals surface area contributed by atoms with Gasteiger partial charge < -0.3 is 5.32 Å². The van der Waals surface area contributed by atoms with Crippen molar-refractivity contribution >= 4 is 33.2 Å². The quantitative estimate of drug-likeness (QED) is 0.558. The van der Waals surface area contributed by atoms with Crippen LogP contribution in [-0.2, 0) is 10.0 Å². The molecule has 0 aromatic heterocycles. The SMILES string of the molecule is CCC(CSC)NS(=O)(=O)c1cccc(NC)c1[N+](=O)[O-]. The van der Waals surface area contributed by atoms with Gasteiger partial charge in [-0.25, -0.2) is 13.1 Å². The average Bonchev–Trinajstić information content (AvgIpc) is 2.45. The highest BCUT2D eigenvalue weighted by Crippen LogP contribution is 2.31. The highest BCUT2D eigenvalue weighted by molar-refractivity contribution is 7.98.